The lowest BCUT2D eigenvalue weighted by molar-refractivity contribution is -0.141. The Labute approximate surface area is 118 Å². The van der Waals surface area contributed by atoms with Gasteiger partial charge in [-0.15, -0.1) is 0 Å². The van der Waals surface area contributed by atoms with Crippen LogP contribution in [0.25, 0.3) is 0 Å². The topological polar surface area (TPSA) is 49.2 Å². The first kappa shape index (κ1) is 13.9. The van der Waals surface area contributed by atoms with Gasteiger partial charge in [0.2, 0.25) is 5.28 Å². The fourth-order valence-electron chi connectivity index (χ4n) is 3.21. The Bertz CT molecular complexity index is 511. The number of aromatic nitrogens is 2. The minimum Gasteiger partial charge on any atom is -0.393 e. The molecule has 1 aromatic rings. The summed E-state index contributed by atoms with van der Waals surface area (Å²) < 4.78 is 38.3. The quantitative estimate of drug-likeness (QED) is 0.810. The van der Waals surface area contributed by atoms with Gasteiger partial charge in [-0.25, -0.2) is 9.97 Å². The Balaban J connectivity index is 1.97. The van der Waals surface area contributed by atoms with E-state index in [0.29, 0.717) is 12.8 Å². The SMILES string of the molecule is OC1CC2CCC(C1)N2c1cc(C(F)(F)F)nc(Cl)n1. The average Bonchev–Trinajstić information content (AvgIpc) is 2.60. The molecule has 0 saturated carbocycles. The van der Waals surface area contributed by atoms with Crippen LogP contribution >= 0.6 is 11.6 Å². The zero-order valence-corrected chi connectivity index (χ0v) is 11.2. The van der Waals surface area contributed by atoms with E-state index in [1.54, 1.807) is 0 Å². The van der Waals surface area contributed by atoms with Crippen LogP contribution in [0.4, 0.5) is 19.0 Å². The molecule has 0 aromatic carbocycles. The van der Waals surface area contributed by atoms with E-state index in [2.05, 4.69) is 9.97 Å². The van der Waals surface area contributed by atoms with Crippen LogP contribution in [0.3, 0.4) is 0 Å². The highest BCUT2D eigenvalue weighted by molar-refractivity contribution is 6.28. The van der Waals surface area contributed by atoms with E-state index in [0.717, 1.165) is 18.9 Å². The van der Waals surface area contributed by atoms with Crippen molar-refractivity contribution in [3.8, 4) is 0 Å². The second kappa shape index (κ2) is 4.73. The minimum absolute atomic E-state index is 0.0239. The molecule has 3 rings (SSSR count). The number of halogens is 4. The molecule has 20 heavy (non-hydrogen) atoms. The number of anilines is 1. The summed E-state index contributed by atoms with van der Waals surface area (Å²) in [6.07, 6.45) is -2.12. The molecule has 110 valence electrons. The summed E-state index contributed by atoms with van der Waals surface area (Å²) in [6, 6.07) is 0.987. The van der Waals surface area contributed by atoms with Crippen molar-refractivity contribution in [3.63, 3.8) is 0 Å². The summed E-state index contributed by atoms with van der Waals surface area (Å²) in [6.45, 7) is 0. The van der Waals surface area contributed by atoms with Gasteiger partial charge in [-0.05, 0) is 37.3 Å². The van der Waals surface area contributed by atoms with E-state index in [9.17, 15) is 18.3 Å². The van der Waals surface area contributed by atoms with Gasteiger partial charge in [0.15, 0.2) is 5.69 Å². The first-order valence-electron chi connectivity index (χ1n) is 6.43. The van der Waals surface area contributed by atoms with Crippen molar-refractivity contribution in [3.05, 3.63) is 17.0 Å². The van der Waals surface area contributed by atoms with Gasteiger partial charge < -0.3 is 10.0 Å². The van der Waals surface area contributed by atoms with Crippen LogP contribution in [0.2, 0.25) is 5.28 Å². The summed E-state index contributed by atoms with van der Waals surface area (Å²) in [5.41, 5.74) is -1.03. The molecule has 2 atom stereocenters. The maximum absolute atomic E-state index is 12.8. The lowest BCUT2D eigenvalue weighted by Gasteiger charge is -2.38. The number of hydrogen-bond acceptors (Lipinski definition) is 4. The Hall–Kier alpha value is -1.08. The smallest absolute Gasteiger partial charge is 0.393 e. The molecule has 0 amide bonds. The molecule has 1 aromatic heterocycles. The van der Waals surface area contributed by atoms with Gasteiger partial charge in [-0.3, -0.25) is 0 Å². The monoisotopic (exact) mass is 307 g/mol. The van der Waals surface area contributed by atoms with Crippen LogP contribution in [0.15, 0.2) is 6.07 Å². The second-order valence-electron chi connectivity index (χ2n) is 5.30. The van der Waals surface area contributed by atoms with Crippen LogP contribution in [0.1, 0.15) is 31.4 Å². The molecular weight excluding hydrogens is 295 g/mol. The van der Waals surface area contributed by atoms with Gasteiger partial charge >= 0.3 is 6.18 Å². The van der Waals surface area contributed by atoms with Gasteiger partial charge in [0.1, 0.15) is 5.82 Å². The lowest BCUT2D eigenvalue weighted by atomic mass is 10.00. The van der Waals surface area contributed by atoms with Crippen LogP contribution in [0.5, 0.6) is 0 Å². The molecule has 2 aliphatic rings. The molecule has 4 nitrogen and oxygen atoms in total. The highest BCUT2D eigenvalue weighted by atomic mass is 35.5. The molecule has 8 heteroatoms. The zero-order chi connectivity index (χ0) is 14.5. The number of nitrogens with zero attached hydrogens (tertiary/aromatic N) is 3. The number of piperidine rings is 1. The van der Waals surface area contributed by atoms with Crippen molar-refractivity contribution in [1.29, 1.82) is 0 Å². The highest BCUT2D eigenvalue weighted by Gasteiger charge is 2.42. The number of fused-ring (bicyclic) bond motifs is 2. The van der Waals surface area contributed by atoms with E-state index >= 15 is 0 Å². The summed E-state index contributed by atoms with van der Waals surface area (Å²) >= 11 is 5.62. The van der Waals surface area contributed by atoms with E-state index in [4.69, 9.17) is 11.6 Å². The molecule has 0 aliphatic carbocycles. The molecule has 2 aliphatic heterocycles. The first-order chi connectivity index (χ1) is 9.34. The largest absolute Gasteiger partial charge is 0.433 e. The standard InChI is InChI=1S/C12H13ClF3N3O/c13-11-17-9(12(14,15)16)5-10(18-11)19-6-1-2-7(19)4-8(20)3-6/h5-8,20H,1-4H2. The Morgan fingerprint density at radius 1 is 1.20 bits per heavy atom. The number of hydrogen-bond donors (Lipinski definition) is 1. The minimum atomic E-state index is -4.55. The molecular formula is C12H13ClF3N3O. The van der Waals surface area contributed by atoms with Crippen molar-refractivity contribution in [2.24, 2.45) is 0 Å². The van der Waals surface area contributed by atoms with Gasteiger partial charge in [0, 0.05) is 18.2 Å². The van der Waals surface area contributed by atoms with Crippen LogP contribution in [-0.4, -0.2) is 33.3 Å². The highest BCUT2D eigenvalue weighted by Crippen LogP contribution is 2.40. The third-order valence-electron chi connectivity index (χ3n) is 3.95. The third-order valence-corrected chi connectivity index (χ3v) is 4.12. The summed E-state index contributed by atoms with van der Waals surface area (Å²) in [5.74, 6) is 0.205. The molecule has 0 spiro atoms. The molecule has 1 N–H and O–H groups in total. The fourth-order valence-corrected chi connectivity index (χ4v) is 3.38. The van der Waals surface area contributed by atoms with E-state index < -0.39 is 17.2 Å². The average molecular weight is 308 g/mol. The lowest BCUT2D eigenvalue weighted by Crippen LogP contribution is -2.45. The summed E-state index contributed by atoms with van der Waals surface area (Å²) in [4.78, 5) is 9.03. The number of aliphatic hydroxyl groups excluding tert-OH is 1. The number of alkyl halides is 3. The van der Waals surface area contributed by atoms with Crippen molar-refractivity contribution in [2.45, 2.75) is 50.0 Å². The first-order valence-corrected chi connectivity index (χ1v) is 6.80. The normalized spacial score (nSPS) is 29.9. The molecule has 2 fully saturated rings. The molecule has 3 heterocycles. The van der Waals surface area contributed by atoms with Crippen LogP contribution < -0.4 is 4.90 Å². The van der Waals surface area contributed by atoms with Crippen molar-refractivity contribution < 1.29 is 18.3 Å². The Kier molecular flexibility index (Phi) is 3.29. The van der Waals surface area contributed by atoms with Gasteiger partial charge in [-0.2, -0.15) is 13.2 Å². The second-order valence-corrected chi connectivity index (χ2v) is 5.63. The predicted octanol–water partition coefficient (Wildman–Crippen LogP) is 2.64. The van der Waals surface area contributed by atoms with Gasteiger partial charge in [0.05, 0.1) is 6.10 Å². The van der Waals surface area contributed by atoms with Crippen molar-refractivity contribution >= 4 is 17.4 Å². The molecule has 2 bridgehead atoms. The summed E-state index contributed by atoms with van der Waals surface area (Å²) in [5, 5.41) is 9.33. The predicted molar refractivity (Wildman–Crippen MR) is 66.6 cm³/mol. The van der Waals surface area contributed by atoms with Gasteiger partial charge in [-0.1, -0.05) is 0 Å². The Morgan fingerprint density at radius 2 is 1.80 bits per heavy atom. The van der Waals surface area contributed by atoms with E-state index in [-0.39, 0.29) is 24.0 Å². The molecule has 0 radical (unpaired) electrons. The van der Waals surface area contributed by atoms with E-state index in [1.165, 1.54) is 0 Å². The zero-order valence-electron chi connectivity index (χ0n) is 10.4. The number of aliphatic hydroxyl groups is 1. The number of rotatable bonds is 1. The van der Waals surface area contributed by atoms with Crippen molar-refractivity contribution in [2.75, 3.05) is 4.90 Å². The maximum atomic E-state index is 12.8. The van der Waals surface area contributed by atoms with Gasteiger partial charge in [0.25, 0.3) is 0 Å². The molecule has 2 saturated heterocycles. The van der Waals surface area contributed by atoms with Crippen molar-refractivity contribution in [1.82, 2.24) is 9.97 Å². The fraction of sp³-hybridized carbons (Fsp3) is 0.667. The third kappa shape index (κ3) is 2.44. The van der Waals surface area contributed by atoms with Crippen LogP contribution in [-0.2, 0) is 6.18 Å². The van der Waals surface area contributed by atoms with E-state index in [1.807, 2.05) is 4.90 Å². The molecule has 2 unspecified atom stereocenters. The Morgan fingerprint density at radius 3 is 2.35 bits per heavy atom. The van der Waals surface area contributed by atoms with Crippen LogP contribution in [0, 0.1) is 0 Å². The summed E-state index contributed by atoms with van der Waals surface area (Å²) in [7, 11) is 0. The maximum Gasteiger partial charge on any atom is 0.433 e.